The van der Waals surface area contributed by atoms with Crippen molar-refractivity contribution in [2.45, 2.75) is 40.0 Å². The molecule has 144 valence electrons. The van der Waals surface area contributed by atoms with Gasteiger partial charge in [0.05, 0.1) is 6.61 Å². The highest BCUT2D eigenvalue weighted by molar-refractivity contribution is 5.93. The summed E-state index contributed by atoms with van der Waals surface area (Å²) < 4.78 is 5.77. The SMILES string of the molecule is CCOc1cccc2c1CC(C(=O)Nc1ccc(N(CC)CC)cc1)CC2. The van der Waals surface area contributed by atoms with Gasteiger partial charge < -0.3 is 15.0 Å². The van der Waals surface area contributed by atoms with Gasteiger partial charge in [0.1, 0.15) is 5.75 Å². The summed E-state index contributed by atoms with van der Waals surface area (Å²) in [5, 5.41) is 3.10. The van der Waals surface area contributed by atoms with E-state index < -0.39 is 0 Å². The Morgan fingerprint density at radius 2 is 1.85 bits per heavy atom. The van der Waals surface area contributed by atoms with Gasteiger partial charge in [-0.3, -0.25) is 4.79 Å². The maximum absolute atomic E-state index is 12.8. The Hall–Kier alpha value is -2.49. The molecule has 0 fully saturated rings. The molecule has 1 unspecified atom stereocenters. The average molecular weight is 367 g/mol. The number of rotatable bonds is 7. The quantitative estimate of drug-likeness (QED) is 0.774. The molecule has 0 aromatic heterocycles. The molecule has 1 N–H and O–H groups in total. The molecule has 1 atom stereocenters. The number of aryl methyl sites for hydroxylation is 1. The minimum atomic E-state index is -0.0124. The summed E-state index contributed by atoms with van der Waals surface area (Å²) in [6.07, 6.45) is 2.55. The van der Waals surface area contributed by atoms with Gasteiger partial charge in [0.15, 0.2) is 0 Å². The van der Waals surface area contributed by atoms with Crippen LogP contribution < -0.4 is 15.0 Å². The Labute approximate surface area is 162 Å². The van der Waals surface area contributed by atoms with Crippen LogP contribution in [-0.4, -0.2) is 25.6 Å². The molecule has 1 aliphatic rings. The van der Waals surface area contributed by atoms with Crippen molar-refractivity contribution in [1.82, 2.24) is 0 Å². The first kappa shape index (κ1) is 19.3. The number of amides is 1. The van der Waals surface area contributed by atoms with E-state index in [0.717, 1.165) is 43.8 Å². The van der Waals surface area contributed by atoms with E-state index in [2.05, 4.69) is 42.3 Å². The Morgan fingerprint density at radius 3 is 2.52 bits per heavy atom. The molecule has 2 aromatic rings. The largest absolute Gasteiger partial charge is 0.494 e. The van der Waals surface area contributed by atoms with Crippen molar-refractivity contribution >= 4 is 17.3 Å². The number of fused-ring (bicyclic) bond motifs is 1. The summed E-state index contributed by atoms with van der Waals surface area (Å²) >= 11 is 0. The second-order valence-electron chi connectivity index (χ2n) is 6.97. The second-order valence-corrected chi connectivity index (χ2v) is 6.97. The molecule has 0 spiro atoms. The number of hydrogen-bond donors (Lipinski definition) is 1. The standard InChI is InChI=1S/C23H30N2O2/c1-4-25(5-2)20-14-12-19(13-15-20)24-23(26)18-11-10-17-8-7-9-22(27-6-3)21(17)16-18/h7-9,12-15,18H,4-6,10-11,16H2,1-3H3,(H,24,26). The average Bonchev–Trinajstić information content (AvgIpc) is 2.70. The molecule has 1 aliphatic carbocycles. The van der Waals surface area contributed by atoms with Gasteiger partial charge in [-0.25, -0.2) is 0 Å². The van der Waals surface area contributed by atoms with Gasteiger partial charge in [-0.15, -0.1) is 0 Å². The highest BCUT2D eigenvalue weighted by Crippen LogP contribution is 2.33. The van der Waals surface area contributed by atoms with Crippen LogP contribution in [0.15, 0.2) is 42.5 Å². The van der Waals surface area contributed by atoms with Gasteiger partial charge in [0.25, 0.3) is 0 Å². The minimum Gasteiger partial charge on any atom is -0.494 e. The van der Waals surface area contributed by atoms with E-state index in [4.69, 9.17) is 4.74 Å². The lowest BCUT2D eigenvalue weighted by molar-refractivity contribution is -0.120. The monoisotopic (exact) mass is 366 g/mol. The van der Waals surface area contributed by atoms with Crippen LogP contribution in [0.25, 0.3) is 0 Å². The number of carbonyl (C=O) groups excluding carboxylic acids is 1. The summed E-state index contributed by atoms with van der Waals surface area (Å²) in [5.74, 6) is 1.01. The van der Waals surface area contributed by atoms with Crippen molar-refractivity contribution in [2.24, 2.45) is 5.92 Å². The Balaban J connectivity index is 1.67. The number of anilines is 2. The summed E-state index contributed by atoms with van der Waals surface area (Å²) in [5.41, 5.74) is 4.56. The van der Waals surface area contributed by atoms with E-state index in [-0.39, 0.29) is 11.8 Å². The number of benzene rings is 2. The zero-order valence-corrected chi connectivity index (χ0v) is 16.6. The van der Waals surface area contributed by atoms with Crippen LogP contribution in [0.1, 0.15) is 38.3 Å². The molecule has 0 saturated heterocycles. The minimum absolute atomic E-state index is 0.0124. The molecule has 4 heteroatoms. The molecule has 4 nitrogen and oxygen atoms in total. The van der Waals surface area contributed by atoms with Gasteiger partial charge in [-0.2, -0.15) is 0 Å². The first-order chi connectivity index (χ1) is 13.2. The molecule has 0 radical (unpaired) electrons. The maximum atomic E-state index is 12.8. The van der Waals surface area contributed by atoms with Gasteiger partial charge in [-0.05, 0) is 81.5 Å². The van der Waals surface area contributed by atoms with Crippen molar-refractivity contribution in [3.8, 4) is 5.75 Å². The van der Waals surface area contributed by atoms with Gasteiger partial charge >= 0.3 is 0 Å². The fourth-order valence-corrected chi connectivity index (χ4v) is 3.86. The predicted octanol–water partition coefficient (Wildman–Crippen LogP) is 4.68. The van der Waals surface area contributed by atoms with Gasteiger partial charge in [-0.1, -0.05) is 12.1 Å². The summed E-state index contributed by atoms with van der Waals surface area (Å²) in [4.78, 5) is 15.1. The van der Waals surface area contributed by atoms with Crippen molar-refractivity contribution in [1.29, 1.82) is 0 Å². The normalized spacial score (nSPS) is 15.7. The lowest BCUT2D eigenvalue weighted by atomic mass is 9.83. The molecule has 0 heterocycles. The number of nitrogens with zero attached hydrogens (tertiary/aromatic N) is 1. The molecule has 3 rings (SSSR count). The van der Waals surface area contributed by atoms with E-state index in [9.17, 15) is 4.79 Å². The van der Waals surface area contributed by atoms with E-state index in [1.165, 1.54) is 16.8 Å². The fourth-order valence-electron chi connectivity index (χ4n) is 3.86. The molecule has 1 amide bonds. The highest BCUT2D eigenvalue weighted by Gasteiger charge is 2.26. The van der Waals surface area contributed by atoms with E-state index in [0.29, 0.717) is 6.61 Å². The molecule has 27 heavy (non-hydrogen) atoms. The number of nitrogens with one attached hydrogen (secondary N) is 1. The zero-order chi connectivity index (χ0) is 19.2. The third-order valence-corrected chi connectivity index (χ3v) is 5.38. The number of ether oxygens (including phenoxy) is 1. The van der Waals surface area contributed by atoms with Gasteiger partial charge in [0, 0.05) is 30.4 Å². The second kappa shape index (κ2) is 8.94. The molecular formula is C23H30N2O2. The first-order valence-corrected chi connectivity index (χ1v) is 10.1. The summed E-state index contributed by atoms with van der Waals surface area (Å²) in [6.45, 7) is 8.89. The van der Waals surface area contributed by atoms with Crippen LogP contribution >= 0.6 is 0 Å². The molecular weight excluding hydrogens is 336 g/mol. The van der Waals surface area contributed by atoms with Crippen LogP contribution in [0, 0.1) is 5.92 Å². The third-order valence-electron chi connectivity index (χ3n) is 5.38. The lowest BCUT2D eigenvalue weighted by Gasteiger charge is -2.26. The van der Waals surface area contributed by atoms with Crippen molar-refractivity contribution < 1.29 is 9.53 Å². The molecule has 0 bridgehead atoms. The molecule has 0 aliphatic heterocycles. The Kier molecular flexibility index (Phi) is 6.38. The van der Waals surface area contributed by atoms with Crippen LogP contribution in [0.3, 0.4) is 0 Å². The maximum Gasteiger partial charge on any atom is 0.227 e. The van der Waals surface area contributed by atoms with E-state index >= 15 is 0 Å². The lowest BCUT2D eigenvalue weighted by Crippen LogP contribution is -2.28. The van der Waals surface area contributed by atoms with Crippen LogP contribution in [0.4, 0.5) is 11.4 Å². The number of carbonyl (C=O) groups is 1. The van der Waals surface area contributed by atoms with E-state index in [1.807, 2.05) is 31.2 Å². The van der Waals surface area contributed by atoms with Gasteiger partial charge in [0.2, 0.25) is 5.91 Å². The Morgan fingerprint density at radius 1 is 1.11 bits per heavy atom. The summed E-state index contributed by atoms with van der Waals surface area (Å²) in [7, 11) is 0. The highest BCUT2D eigenvalue weighted by atomic mass is 16.5. The first-order valence-electron chi connectivity index (χ1n) is 10.1. The fraction of sp³-hybridized carbons (Fsp3) is 0.435. The predicted molar refractivity (Wildman–Crippen MR) is 112 cm³/mol. The third kappa shape index (κ3) is 4.44. The van der Waals surface area contributed by atoms with Crippen LogP contribution in [0.2, 0.25) is 0 Å². The van der Waals surface area contributed by atoms with Crippen molar-refractivity contribution in [3.05, 3.63) is 53.6 Å². The Bertz CT molecular complexity index is 766. The van der Waals surface area contributed by atoms with Crippen molar-refractivity contribution in [2.75, 3.05) is 29.9 Å². The molecule has 0 saturated carbocycles. The van der Waals surface area contributed by atoms with E-state index in [1.54, 1.807) is 0 Å². The van der Waals surface area contributed by atoms with Crippen LogP contribution in [-0.2, 0) is 17.6 Å². The zero-order valence-electron chi connectivity index (χ0n) is 16.6. The smallest absolute Gasteiger partial charge is 0.227 e. The van der Waals surface area contributed by atoms with Crippen LogP contribution in [0.5, 0.6) is 5.75 Å². The molecule has 2 aromatic carbocycles. The van der Waals surface area contributed by atoms with Crippen molar-refractivity contribution in [3.63, 3.8) is 0 Å². The number of hydrogen-bond acceptors (Lipinski definition) is 3. The summed E-state index contributed by atoms with van der Waals surface area (Å²) in [6, 6.07) is 14.3. The topological polar surface area (TPSA) is 41.6 Å².